The third-order valence-corrected chi connectivity index (χ3v) is 3.20. The first kappa shape index (κ1) is 18.6. The van der Waals surface area contributed by atoms with Gasteiger partial charge in [-0.05, 0) is 19.2 Å². The average Bonchev–Trinajstić information content (AvgIpc) is 3.01. The SMILES string of the molecule is CNCCN(C)C(=O)c1cnn(-c2ccc([N+](=O)[O-])cc2)c1.Cl. The molecular weight excluding hydrogens is 322 g/mol. The van der Waals surface area contributed by atoms with Gasteiger partial charge in [-0.1, -0.05) is 0 Å². The minimum absolute atomic E-state index is 0. The molecule has 0 atom stereocenters. The monoisotopic (exact) mass is 339 g/mol. The molecule has 1 heterocycles. The number of hydrogen-bond donors (Lipinski definition) is 1. The van der Waals surface area contributed by atoms with E-state index in [1.807, 2.05) is 7.05 Å². The van der Waals surface area contributed by atoms with Crippen molar-refractivity contribution >= 4 is 24.0 Å². The molecule has 1 amide bonds. The molecule has 23 heavy (non-hydrogen) atoms. The van der Waals surface area contributed by atoms with Crippen LogP contribution < -0.4 is 5.32 Å². The Morgan fingerprint density at radius 1 is 1.39 bits per heavy atom. The molecule has 2 rings (SSSR count). The van der Waals surface area contributed by atoms with E-state index < -0.39 is 4.92 Å². The van der Waals surface area contributed by atoms with Gasteiger partial charge >= 0.3 is 0 Å². The van der Waals surface area contributed by atoms with E-state index in [2.05, 4.69) is 10.4 Å². The van der Waals surface area contributed by atoms with E-state index in [0.29, 0.717) is 24.3 Å². The van der Waals surface area contributed by atoms with E-state index in [9.17, 15) is 14.9 Å². The number of nitro groups is 1. The minimum atomic E-state index is -0.460. The summed E-state index contributed by atoms with van der Waals surface area (Å²) in [4.78, 5) is 24.0. The summed E-state index contributed by atoms with van der Waals surface area (Å²) in [5.74, 6) is -0.122. The molecule has 0 saturated carbocycles. The number of hydrogen-bond acceptors (Lipinski definition) is 5. The van der Waals surface area contributed by atoms with Gasteiger partial charge in [0.05, 0.1) is 22.4 Å². The zero-order valence-corrected chi connectivity index (χ0v) is 13.6. The van der Waals surface area contributed by atoms with Gasteiger partial charge in [0.2, 0.25) is 0 Å². The maximum absolute atomic E-state index is 12.2. The summed E-state index contributed by atoms with van der Waals surface area (Å²) < 4.78 is 1.52. The number of nitro benzene ring substituents is 1. The average molecular weight is 340 g/mol. The van der Waals surface area contributed by atoms with Crippen LogP contribution in [0.3, 0.4) is 0 Å². The Balaban J connectivity index is 0.00000264. The molecule has 1 N–H and O–H groups in total. The van der Waals surface area contributed by atoms with Gasteiger partial charge in [0.1, 0.15) is 0 Å². The molecule has 0 aliphatic rings. The van der Waals surface area contributed by atoms with Crippen LogP contribution in [0.25, 0.3) is 5.69 Å². The second-order valence-electron chi connectivity index (χ2n) is 4.78. The Morgan fingerprint density at radius 3 is 2.61 bits per heavy atom. The largest absolute Gasteiger partial charge is 0.340 e. The first-order valence-electron chi connectivity index (χ1n) is 6.72. The van der Waals surface area contributed by atoms with Crippen LogP contribution in [-0.4, -0.2) is 52.7 Å². The number of nitrogens with zero attached hydrogens (tertiary/aromatic N) is 4. The van der Waals surface area contributed by atoms with Gasteiger partial charge in [0, 0.05) is 38.5 Å². The molecule has 0 radical (unpaired) electrons. The molecule has 0 spiro atoms. The highest BCUT2D eigenvalue weighted by Crippen LogP contribution is 2.15. The number of rotatable bonds is 6. The molecule has 1 aromatic carbocycles. The first-order chi connectivity index (χ1) is 10.5. The van der Waals surface area contributed by atoms with Crippen LogP contribution in [-0.2, 0) is 0 Å². The normalized spacial score (nSPS) is 10.0. The number of halogens is 1. The highest BCUT2D eigenvalue weighted by atomic mass is 35.5. The van der Waals surface area contributed by atoms with Crippen LogP contribution in [0.1, 0.15) is 10.4 Å². The molecule has 0 fully saturated rings. The fraction of sp³-hybridized carbons (Fsp3) is 0.286. The van der Waals surface area contributed by atoms with Crippen LogP contribution in [0.4, 0.5) is 5.69 Å². The molecule has 0 bridgehead atoms. The van der Waals surface area contributed by atoms with Gasteiger partial charge in [-0.15, -0.1) is 12.4 Å². The van der Waals surface area contributed by atoms with Crippen molar-refractivity contribution in [3.63, 3.8) is 0 Å². The van der Waals surface area contributed by atoms with Crippen LogP contribution in [0, 0.1) is 10.1 Å². The summed E-state index contributed by atoms with van der Waals surface area (Å²) >= 11 is 0. The smallest absolute Gasteiger partial charge is 0.269 e. The van der Waals surface area contributed by atoms with Gasteiger partial charge in [-0.3, -0.25) is 14.9 Å². The van der Waals surface area contributed by atoms with Crippen molar-refractivity contribution in [2.75, 3.05) is 27.2 Å². The lowest BCUT2D eigenvalue weighted by Gasteiger charge is -2.15. The minimum Gasteiger partial charge on any atom is -0.340 e. The van der Waals surface area contributed by atoms with Crippen molar-refractivity contribution in [3.8, 4) is 5.69 Å². The summed E-state index contributed by atoms with van der Waals surface area (Å²) in [6, 6.07) is 5.98. The molecule has 0 saturated heterocycles. The Hall–Kier alpha value is -2.45. The van der Waals surface area contributed by atoms with E-state index in [1.165, 1.54) is 23.0 Å². The van der Waals surface area contributed by atoms with E-state index in [0.717, 1.165) is 0 Å². The lowest BCUT2D eigenvalue weighted by molar-refractivity contribution is -0.384. The van der Waals surface area contributed by atoms with E-state index >= 15 is 0 Å². The van der Waals surface area contributed by atoms with E-state index in [4.69, 9.17) is 0 Å². The Kier molecular flexibility index (Phi) is 6.67. The predicted octanol–water partition coefficient (Wildman–Crippen LogP) is 1.49. The summed E-state index contributed by atoms with van der Waals surface area (Å²) in [5.41, 5.74) is 1.14. The second kappa shape index (κ2) is 8.25. The summed E-state index contributed by atoms with van der Waals surface area (Å²) in [6.07, 6.45) is 3.10. The van der Waals surface area contributed by atoms with Crippen molar-refractivity contribution in [1.29, 1.82) is 0 Å². The number of nitrogens with one attached hydrogen (secondary N) is 1. The topological polar surface area (TPSA) is 93.3 Å². The summed E-state index contributed by atoms with van der Waals surface area (Å²) in [5, 5.41) is 17.7. The Morgan fingerprint density at radius 2 is 2.04 bits per heavy atom. The standard InChI is InChI=1S/C14H17N5O3.ClH/c1-15-7-8-17(2)14(20)11-9-16-18(10-11)12-3-5-13(6-4-12)19(21)22;/h3-6,9-10,15H,7-8H2,1-2H3;1H. The quantitative estimate of drug-likeness (QED) is 0.635. The van der Waals surface area contributed by atoms with Gasteiger partial charge in [-0.25, -0.2) is 4.68 Å². The fourth-order valence-corrected chi connectivity index (χ4v) is 1.90. The summed E-state index contributed by atoms with van der Waals surface area (Å²) in [6.45, 7) is 1.30. The van der Waals surface area contributed by atoms with Crippen molar-refractivity contribution < 1.29 is 9.72 Å². The molecule has 0 aliphatic carbocycles. The molecule has 2 aromatic rings. The third-order valence-electron chi connectivity index (χ3n) is 3.20. The van der Waals surface area contributed by atoms with Crippen molar-refractivity contribution in [1.82, 2.24) is 20.0 Å². The highest BCUT2D eigenvalue weighted by molar-refractivity contribution is 5.93. The molecule has 124 valence electrons. The molecule has 9 heteroatoms. The van der Waals surface area contributed by atoms with Crippen LogP contribution in [0.2, 0.25) is 0 Å². The number of carbonyl (C=O) groups excluding carboxylic acids is 1. The van der Waals surface area contributed by atoms with Crippen LogP contribution in [0.15, 0.2) is 36.7 Å². The third kappa shape index (κ3) is 4.51. The zero-order chi connectivity index (χ0) is 16.1. The second-order valence-corrected chi connectivity index (χ2v) is 4.78. The molecule has 0 unspecified atom stereocenters. The fourth-order valence-electron chi connectivity index (χ4n) is 1.90. The number of amides is 1. The van der Waals surface area contributed by atoms with Crippen molar-refractivity contribution in [3.05, 3.63) is 52.3 Å². The number of carbonyl (C=O) groups is 1. The predicted molar refractivity (Wildman–Crippen MR) is 88.4 cm³/mol. The van der Waals surface area contributed by atoms with E-state index in [-0.39, 0.29) is 24.0 Å². The number of non-ortho nitro benzene ring substituents is 1. The Labute approximate surface area is 139 Å². The van der Waals surface area contributed by atoms with Gasteiger partial charge in [0.25, 0.3) is 11.6 Å². The van der Waals surface area contributed by atoms with Gasteiger partial charge in [0.15, 0.2) is 0 Å². The maximum atomic E-state index is 12.2. The van der Waals surface area contributed by atoms with Crippen LogP contribution >= 0.6 is 12.4 Å². The first-order valence-corrected chi connectivity index (χ1v) is 6.72. The van der Waals surface area contributed by atoms with Crippen LogP contribution in [0.5, 0.6) is 0 Å². The highest BCUT2D eigenvalue weighted by Gasteiger charge is 2.14. The van der Waals surface area contributed by atoms with Gasteiger partial charge in [-0.2, -0.15) is 5.10 Å². The molecule has 0 aliphatic heterocycles. The van der Waals surface area contributed by atoms with Gasteiger partial charge < -0.3 is 10.2 Å². The summed E-state index contributed by atoms with van der Waals surface area (Å²) in [7, 11) is 3.55. The number of likely N-dealkylation sites (N-methyl/N-ethyl adjacent to an activating group) is 2. The molecule has 8 nitrogen and oxygen atoms in total. The molecular formula is C14H18ClN5O3. The van der Waals surface area contributed by atoms with E-state index in [1.54, 1.807) is 30.3 Å². The number of aromatic nitrogens is 2. The Bertz CT molecular complexity index is 671. The van der Waals surface area contributed by atoms with Crippen molar-refractivity contribution in [2.24, 2.45) is 0 Å². The lowest BCUT2D eigenvalue weighted by Crippen LogP contribution is -2.32. The zero-order valence-electron chi connectivity index (χ0n) is 12.8. The lowest BCUT2D eigenvalue weighted by atomic mass is 10.3. The maximum Gasteiger partial charge on any atom is 0.269 e. The molecule has 1 aromatic heterocycles. The van der Waals surface area contributed by atoms with Crippen molar-refractivity contribution in [2.45, 2.75) is 0 Å². The number of benzene rings is 1.